The number of sulfonamides is 1. The van der Waals surface area contributed by atoms with Gasteiger partial charge < -0.3 is 5.32 Å². The summed E-state index contributed by atoms with van der Waals surface area (Å²) in [6.07, 6.45) is 0.0130. The summed E-state index contributed by atoms with van der Waals surface area (Å²) < 4.78 is 26.7. The fourth-order valence-electron chi connectivity index (χ4n) is 2.18. The molecule has 0 saturated carbocycles. The van der Waals surface area contributed by atoms with Crippen molar-refractivity contribution in [3.05, 3.63) is 59.7 Å². The van der Waals surface area contributed by atoms with Crippen LogP contribution in [0.5, 0.6) is 0 Å². The SMILES string of the molecule is CC(=O)c1ccc(S(=O)(=O)NCCC(=O)Nc2ccccc2C)cc1. The second-order valence-electron chi connectivity index (χ2n) is 5.59. The molecular formula is C18H20N2O4S. The van der Waals surface area contributed by atoms with Gasteiger partial charge in [-0.05, 0) is 37.6 Å². The topological polar surface area (TPSA) is 92.3 Å². The Labute approximate surface area is 147 Å². The first-order valence-electron chi connectivity index (χ1n) is 7.76. The first kappa shape index (κ1) is 18.8. The van der Waals surface area contributed by atoms with E-state index in [0.29, 0.717) is 11.3 Å². The van der Waals surface area contributed by atoms with Gasteiger partial charge >= 0.3 is 0 Å². The molecule has 0 bridgehead atoms. The van der Waals surface area contributed by atoms with E-state index in [2.05, 4.69) is 10.0 Å². The predicted molar refractivity (Wildman–Crippen MR) is 96.1 cm³/mol. The molecular weight excluding hydrogens is 340 g/mol. The normalized spacial score (nSPS) is 11.1. The molecule has 7 heteroatoms. The van der Waals surface area contributed by atoms with Gasteiger partial charge in [-0.1, -0.05) is 30.3 Å². The van der Waals surface area contributed by atoms with Gasteiger partial charge in [-0.15, -0.1) is 0 Å². The first-order chi connectivity index (χ1) is 11.8. The third-order valence-corrected chi connectivity index (χ3v) is 5.11. The number of rotatable bonds is 7. The lowest BCUT2D eigenvalue weighted by Gasteiger charge is -2.09. The van der Waals surface area contributed by atoms with Gasteiger partial charge in [0.1, 0.15) is 0 Å². The molecule has 0 saturated heterocycles. The van der Waals surface area contributed by atoms with Gasteiger partial charge in [0.05, 0.1) is 4.90 Å². The van der Waals surface area contributed by atoms with Crippen LogP contribution in [0.3, 0.4) is 0 Å². The third kappa shape index (κ3) is 5.23. The number of hydrogen-bond donors (Lipinski definition) is 2. The highest BCUT2D eigenvalue weighted by Crippen LogP contribution is 2.13. The van der Waals surface area contributed by atoms with Crippen molar-refractivity contribution in [3.8, 4) is 0 Å². The number of aryl methyl sites for hydroxylation is 1. The fraction of sp³-hybridized carbons (Fsp3) is 0.222. The number of ketones is 1. The highest BCUT2D eigenvalue weighted by molar-refractivity contribution is 7.89. The maximum atomic E-state index is 12.2. The van der Waals surface area contributed by atoms with Crippen LogP contribution < -0.4 is 10.0 Å². The van der Waals surface area contributed by atoms with Crippen LogP contribution in [0.4, 0.5) is 5.69 Å². The van der Waals surface area contributed by atoms with Crippen LogP contribution in [-0.4, -0.2) is 26.7 Å². The fourth-order valence-corrected chi connectivity index (χ4v) is 3.21. The summed E-state index contributed by atoms with van der Waals surface area (Å²) in [6, 6.07) is 13.0. The van der Waals surface area contributed by atoms with Crippen LogP contribution >= 0.6 is 0 Å². The van der Waals surface area contributed by atoms with Crippen molar-refractivity contribution in [2.75, 3.05) is 11.9 Å². The standard InChI is InChI=1S/C18H20N2O4S/c1-13-5-3-4-6-17(13)20-18(22)11-12-19-25(23,24)16-9-7-15(8-10-16)14(2)21/h3-10,19H,11-12H2,1-2H3,(H,20,22). The molecule has 2 aromatic rings. The number of Topliss-reactive ketones (excluding diaryl/α,β-unsaturated/α-hetero) is 1. The molecule has 6 nitrogen and oxygen atoms in total. The molecule has 0 fully saturated rings. The van der Waals surface area contributed by atoms with E-state index in [9.17, 15) is 18.0 Å². The van der Waals surface area contributed by atoms with Crippen molar-refractivity contribution >= 4 is 27.4 Å². The van der Waals surface area contributed by atoms with Crippen LogP contribution in [-0.2, 0) is 14.8 Å². The summed E-state index contributed by atoms with van der Waals surface area (Å²) in [4.78, 5) is 23.2. The molecule has 0 aliphatic rings. The Bertz CT molecular complexity index is 874. The van der Waals surface area contributed by atoms with E-state index < -0.39 is 10.0 Å². The first-order valence-corrected chi connectivity index (χ1v) is 9.24. The molecule has 1 amide bonds. The molecule has 0 heterocycles. The maximum Gasteiger partial charge on any atom is 0.240 e. The zero-order valence-corrected chi connectivity index (χ0v) is 14.9. The van der Waals surface area contributed by atoms with Crippen LogP contribution in [0.2, 0.25) is 0 Å². The molecule has 0 unspecified atom stereocenters. The Hall–Kier alpha value is -2.51. The van der Waals surface area contributed by atoms with Gasteiger partial charge in [0.15, 0.2) is 5.78 Å². The molecule has 25 heavy (non-hydrogen) atoms. The largest absolute Gasteiger partial charge is 0.326 e. The Morgan fingerprint density at radius 1 is 1.00 bits per heavy atom. The number of carbonyl (C=O) groups excluding carboxylic acids is 2. The third-order valence-electron chi connectivity index (χ3n) is 3.63. The van der Waals surface area contributed by atoms with Crippen molar-refractivity contribution in [1.29, 1.82) is 0 Å². The van der Waals surface area contributed by atoms with Gasteiger partial charge in [-0.3, -0.25) is 9.59 Å². The molecule has 2 rings (SSSR count). The van der Waals surface area contributed by atoms with Crippen LogP contribution in [0.25, 0.3) is 0 Å². The average Bonchev–Trinajstić information content (AvgIpc) is 2.57. The Kier molecular flexibility index (Phi) is 6.06. The summed E-state index contributed by atoms with van der Waals surface area (Å²) in [5.41, 5.74) is 2.08. The van der Waals surface area contributed by atoms with E-state index in [1.807, 2.05) is 25.1 Å². The lowest BCUT2D eigenvalue weighted by atomic mass is 10.2. The monoisotopic (exact) mass is 360 g/mol. The van der Waals surface area contributed by atoms with Crippen molar-refractivity contribution in [2.45, 2.75) is 25.2 Å². The zero-order chi connectivity index (χ0) is 18.4. The molecule has 2 N–H and O–H groups in total. The molecule has 0 spiro atoms. The number of carbonyl (C=O) groups is 2. The molecule has 0 aromatic heterocycles. The minimum atomic E-state index is -3.72. The molecule has 0 aliphatic heterocycles. The van der Waals surface area contributed by atoms with E-state index >= 15 is 0 Å². The van der Waals surface area contributed by atoms with Gasteiger partial charge in [0.25, 0.3) is 0 Å². The molecule has 132 valence electrons. The second-order valence-corrected chi connectivity index (χ2v) is 7.36. The second kappa shape index (κ2) is 8.04. The van der Waals surface area contributed by atoms with Crippen LogP contribution in [0.1, 0.15) is 29.3 Å². The number of nitrogens with one attached hydrogen (secondary N) is 2. The van der Waals surface area contributed by atoms with Crippen molar-refractivity contribution < 1.29 is 18.0 Å². The minimum Gasteiger partial charge on any atom is -0.326 e. The van der Waals surface area contributed by atoms with Gasteiger partial charge in [-0.2, -0.15) is 0 Å². The van der Waals surface area contributed by atoms with Gasteiger partial charge in [0.2, 0.25) is 15.9 Å². The van der Waals surface area contributed by atoms with Crippen molar-refractivity contribution in [2.24, 2.45) is 0 Å². The van der Waals surface area contributed by atoms with Gasteiger partial charge in [-0.25, -0.2) is 13.1 Å². The number of benzene rings is 2. The van der Waals surface area contributed by atoms with Crippen LogP contribution in [0.15, 0.2) is 53.4 Å². The van der Waals surface area contributed by atoms with E-state index in [0.717, 1.165) is 5.56 Å². The molecule has 0 radical (unpaired) electrons. The number of para-hydroxylation sites is 1. The summed E-state index contributed by atoms with van der Waals surface area (Å²) in [6.45, 7) is 3.27. The number of anilines is 1. The van der Waals surface area contributed by atoms with Crippen molar-refractivity contribution in [1.82, 2.24) is 4.72 Å². The minimum absolute atomic E-state index is 0.0130. The summed E-state index contributed by atoms with van der Waals surface area (Å²) in [5.74, 6) is -0.409. The van der Waals surface area contributed by atoms with Gasteiger partial charge in [0, 0.05) is 24.2 Å². The molecule has 2 aromatic carbocycles. The summed E-state index contributed by atoms with van der Waals surface area (Å²) >= 11 is 0. The Balaban J connectivity index is 1.90. The molecule has 0 atom stereocenters. The number of amides is 1. The van der Waals surface area contributed by atoms with E-state index in [1.165, 1.54) is 31.2 Å². The lowest BCUT2D eigenvalue weighted by molar-refractivity contribution is -0.116. The lowest BCUT2D eigenvalue weighted by Crippen LogP contribution is -2.28. The number of hydrogen-bond acceptors (Lipinski definition) is 4. The highest BCUT2D eigenvalue weighted by atomic mass is 32.2. The summed E-state index contributed by atoms with van der Waals surface area (Å²) in [5, 5.41) is 2.74. The van der Waals surface area contributed by atoms with E-state index in [1.54, 1.807) is 6.07 Å². The smallest absolute Gasteiger partial charge is 0.240 e. The quantitative estimate of drug-likeness (QED) is 0.742. The zero-order valence-electron chi connectivity index (χ0n) is 14.1. The highest BCUT2D eigenvalue weighted by Gasteiger charge is 2.14. The average molecular weight is 360 g/mol. The van der Waals surface area contributed by atoms with E-state index in [-0.39, 0.29) is 29.6 Å². The van der Waals surface area contributed by atoms with E-state index in [4.69, 9.17) is 0 Å². The Morgan fingerprint density at radius 2 is 1.64 bits per heavy atom. The maximum absolute atomic E-state index is 12.2. The molecule has 0 aliphatic carbocycles. The van der Waals surface area contributed by atoms with Crippen LogP contribution in [0, 0.1) is 6.92 Å². The Morgan fingerprint density at radius 3 is 2.24 bits per heavy atom. The predicted octanol–water partition coefficient (Wildman–Crippen LogP) is 2.50. The van der Waals surface area contributed by atoms with Crippen molar-refractivity contribution in [3.63, 3.8) is 0 Å². The summed E-state index contributed by atoms with van der Waals surface area (Å²) in [7, 11) is -3.72.